The van der Waals surface area contributed by atoms with Crippen LogP contribution in [0.4, 0.5) is 16.4 Å². The van der Waals surface area contributed by atoms with E-state index in [1.165, 1.54) is 6.33 Å². The second kappa shape index (κ2) is 7.31. The molecule has 0 aromatic carbocycles. The van der Waals surface area contributed by atoms with Gasteiger partial charge in [0.15, 0.2) is 0 Å². The highest BCUT2D eigenvalue weighted by molar-refractivity contribution is 5.71. The predicted octanol–water partition coefficient (Wildman–Crippen LogP) is 0.551. The van der Waals surface area contributed by atoms with E-state index in [2.05, 4.69) is 32.8 Å². The number of amides is 2. The van der Waals surface area contributed by atoms with Gasteiger partial charge in [-0.2, -0.15) is 0 Å². The highest BCUT2D eigenvalue weighted by atomic mass is 16.2. The zero-order valence-corrected chi connectivity index (χ0v) is 10.8. The van der Waals surface area contributed by atoms with Crippen LogP contribution in [0.2, 0.25) is 0 Å². The molecule has 1 aromatic rings. The summed E-state index contributed by atoms with van der Waals surface area (Å²) in [6.07, 6.45) is 3.41. The molecule has 0 saturated heterocycles. The molecular formula is C11H20N6O. The molecule has 0 saturated carbocycles. The molecule has 7 nitrogen and oxygen atoms in total. The minimum absolute atomic E-state index is 0.458. The van der Waals surface area contributed by atoms with E-state index in [1.54, 1.807) is 0 Å². The van der Waals surface area contributed by atoms with Gasteiger partial charge in [0.1, 0.15) is 18.0 Å². The van der Waals surface area contributed by atoms with Gasteiger partial charge < -0.3 is 21.7 Å². The van der Waals surface area contributed by atoms with Crippen LogP contribution in [-0.2, 0) is 6.42 Å². The van der Waals surface area contributed by atoms with Crippen molar-refractivity contribution < 1.29 is 4.79 Å². The normalized spacial score (nSPS) is 9.89. The second-order valence-electron chi connectivity index (χ2n) is 3.77. The van der Waals surface area contributed by atoms with E-state index in [4.69, 9.17) is 5.73 Å². The van der Waals surface area contributed by atoms with Crippen LogP contribution in [-0.4, -0.2) is 36.1 Å². The van der Waals surface area contributed by atoms with E-state index in [0.717, 1.165) is 30.0 Å². The summed E-state index contributed by atoms with van der Waals surface area (Å²) in [5.74, 6) is 1.62. The van der Waals surface area contributed by atoms with Gasteiger partial charge >= 0.3 is 6.03 Å². The summed E-state index contributed by atoms with van der Waals surface area (Å²) >= 11 is 0. The third-order valence-corrected chi connectivity index (χ3v) is 2.40. The van der Waals surface area contributed by atoms with Crippen molar-refractivity contribution in [2.45, 2.75) is 19.8 Å². The molecule has 0 aliphatic rings. The molecule has 0 atom stereocenters. The smallest absolute Gasteiger partial charge is 0.312 e. The Morgan fingerprint density at radius 2 is 2.06 bits per heavy atom. The minimum atomic E-state index is -0.524. The maximum atomic E-state index is 10.5. The van der Waals surface area contributed by atoms with Crippen molar-refractivity contribution in [3.63, 3.8) is 0 Å². The molecule has 1 heterocycles. The van der Waals surface area contributed by atoms with E-state index in [-0.39, 0.29) is 0 Å². The zero-order chi connectivity index (χ0) is 13.4. The number of carbonyl (C=O) groups excluding carboxylic acids is 1. The van der Waals surface area contributed by atoms with Gasteiger partial charge in [-0.3, -0.25) is 0 Å². The molecule has 0 unspecified atom stereocenters. The number of carbonyl (C=O) groups is 1. The van der Waals surface area contributed by atoms with Crippen LogP contribution >= 0.6 is 0 Å². The number of anilines is 2. The fraction of sp³-hybridized carbons (Fsp3) is 0.545. The summed E-state index contributed by atoms with van der Waals surface area (Å²) in [7, 11) is 1.83. The van der Waals surface area contributed by atoms with Gasteiger partial charge in [-0.1, -0.05) is 13.3 Å². The Bertz CT molecular complexity index is 395. The van der Waals surface area contributed by atoms with Crippen molar-refractivity contribution in [2.75, 3.05) is 30.8 Å². The van der Waals surface area contributed by atoms with Crippen molar-refractivity contribution >= 4 is 17.7 Å². The number of nitrogens with zero attached hydrogens (tertiary/aromatic N) is 2. The third-order valence-electron chi connectivity index (χ3n) is 2.40. The van der Waals surface area contributed by atoms with Crippen LogP contribution < -0.4 is 21.7 Å². The molecule has 0 bridgehead atoms. The first-order valence-corrected chi connectivity index (χ1v) is 5.97. The highest BCUT2D eigenvalue weighted by Gasteiger charge is 2.08. The van der Waals surface area contributed by atoms with Gasteiger partial charge in [-0.15, -0.1) is 0 Å². The first kappa shape index (κ1) is 14.0. The summed E-state index contributed by atoms with van der Waals surface area (Å²) in [5.41, 5.74) is 6.04. The van der Waals surface area contributed by atoms with Gasteiger partial charge in [0.25, 0.3) is 0 Å². The highest BCUT2D eigenvalue weighted by Crippen LogP contribution is 2.20. The Hall–Kier alpha value is -2.05. The quantitative estimate of drug-likeness (QED) is 0.530. The first-order valence-electron chi connectivity index (χ1n) is 5.97. The Morgan fingerprint density at radius 1 is 1.33 bits per heavy atom. The standard InChI is InChI=1S/C11H20N6O/c1-3-4-8-9(13-2)16-7-17-10(8)14-5-6-15-11(12)18/h7H,3-6H2,1-2H3,(H3,12,15,18)(H2,13,14,16,17). The van der Waals surface area contributed by atoms with Crippen molar-refractivity contribution in [1.82, 2.24) is 15.3 Å². The Balaban J connectivity index is 2.65. The van der Waals surface area contributed by atoms with Gasteiger partial charge in [0.2, 0.25) is 0 Å². The lowest BCUT2D eigenvalue weighted by Gasteiger charge is -2.13. The number of hydrogen-bond donors (Lipinski definition) is 4. The summed E-state index contributed by atoms with van der Waals surface area (Å²) in [6, 6.07) is -0.524. The number of hydrogen-bond acceptors (Lipinski definition) is 5. The Labute approximate surface area is 107 Å². The lowest BCUT2D eigenvalue weighted by molar-refractivity contribution is 0.249. The molecule has 0 fully saturated rings. The van der Waals surface area contributed by atoms with Gasteiger partial charge in [-0.05, 0) is 6.42 Å². The fourth-order valence-electron chi connectivity index (χ4n) is 1.63. The second-order valence-corrected chi connectivity index (χ2v) is 3.77. The van der Waals surface area contributed by atoms with Crippen LogP contribution in [0.3, 0.4) is 0 Å². The van der Waals surface area contributed by atoms with Crippen molar-refractivity contribution in [3.05, 3.63) is 11.9 Å². The van der Waals surface area contributed by atoms with E-state index in [1.807, 2.05) is 7.05 Å². The number of nitrogens with one attached hydrogen (secondary N) is 3. The molecule has 100 valence electrons. The average molecular weight is 252 g/mol. The molecule has 0 spiro atoms. The predicted molar refractivity (Wildman–Crippen MR) is 71.6 cm³/mol. The molecule has 18 heavy (non-hydrogen) atoms. The number of primary amides is 1. The Morgan fingerprint density at radius 3 is 2.67 bits per heavy atom. The third kappa shape index (κ3) is 4.08. The zero-order valence-electron chi connectivity index (χ0n) is 10.8. The first-order chi connectivity index (χ1) is 8.69. The molecule has 0 aliphatic carbocycles. The number of rotatable bonds is 7. The topological polar surface area (TPSA) is 105 Å². The number of urea groups is 1. The SMILES string of the molecule is CCCc1c(NC)ncnc1NCCNC(N)=O. The minimum Gasteiger partial charge on any atom is -0.373 e. The van der Waals surface area contributed by atoms with Crippen LogP contribution in [0, 0.1) is 0 Å². The van der Waals surface area contributed by atoms with E-state index < -0.39 is 6.03 Å². The summed E-state index contributed by atoms with van der Waals surface area (Å²) in [5, 5.41) is 8.73. The van der Waals surface area contributed by atoms with Crippen LogP contribution in [0.5, 0.6) is 0 Å². The molecule has 1 rings (SSSR count). The van der Waals surface area contributed by atoms with E-state index in [9.17, 15) is 4.79 Å². The molecule has 7 heteroatoms. The molecular weight excluding hydrogens is 232 g/mol. The molecule has 0 radical (unpaired) electrons. The maximum absolute atomic E-state index is 10.5. The fourth-order valence-corrected chi connectivity index (χ4v) is 1.63. The van der Waals surface area contributed by atoms with Crippen molar-refractivity contribution in [3.8, 4) is 0 Å². The number of nitrogens with two attached hydrogens (primary N) is 1. The summed E-state index contributed by atoms with van der Waals surface area (Å²) < 4.78 is 0. The number of aromatic nitrogens is 2. The van der Waals surface area contributed by atoms with Gasteiger partial charge in [-0.25, -0.2) is 14.8 Å². The lowest BCUT2D eigenvalue weighted by atomic mass is 10.1. The lowest BCUT2D eigenvalue weighted by Crippen LogP contribution is -2.33. The Kier molecular flexibility index (Phi) is 5.69. The van der Waals surface area contributed by atoms with E-state index >= 15 is 0 Å². The molecule has 0 aliphatic heterocycles. The monoisotopic (exact) mass is 252 g/mol. The van der Waals surface area contributed by atoms with Crippen molar-refractivity contribution in [2.24, 2.45) is 5.73 Å². The van der Waals surface area contributed by atoms with Crippen LogP contribution in [0.15, 0.2) is 6.33 Å². The molecule has 2 amide bonds. The van der Waals surface area contributed by atoms with Gasteiger partial charge in [0.05, 0.1) is 0 Å². The molecule has 5 N–H and O–H groups in total. The largest absolute Gasteiger partial charge is 0.373 e. The van der Waals surface area contributed by atoms with Gasteiger partial charge in [0, 0.05) is 25.7 Å². The van der Waals surface area contributed by atoms with E-state index in [0.29, 0.717) is 13.1 Å². The van der Waals surface area contributed by atoms with Crippen LogP contribution in [0.25, 0.3) is 0 Å². The van der Waals surface area contributed by atoms with Crippen molar-refractivity contribution in [1.29, 1.82) is 0 Å². The summed E-state index contributed by atoms with van der Waals surface area (Å²) in [6.45, 7) is 3.13. The average Bonchev–Trinajstić information content (AvgIpc) is 2.36. The van der Waals surface area contributed by atoms with Crippen LogP contribution in [0.1, 0.15) is 18.9 Å². The molecule has 1 aromatic heterocycles. The summed E-state index contributed by atoms with van der Waals surface area (Å²) in [4.78, 5) is 18.9. The maximum Gasteiger partial charge on any atom is 0.312 e.